The van der Waals surface area contributed by atoms with E-state index in [9.17, 15) is 9.59 Å². The molecule has 6 nitrogen and oxygen atoms in total. The molecule has 134 valence electrons. The Balaban J connectivity index is 1.97. The van der Waals surface area contributed by atoms with E-state index in [1.807, 2.05) is 38.3 Å². The lowest BCUT2D eigenvalue weighted by Crippen LogP contribution is -2.31. The number of carbonyl (C=O) groups excluding carboxylic acids is 2. The van der Waals surface area contributed by atoms with Gasteiger partial charge in [-0.1, -0.05) is 6.07 Å². The second kappa shape index (κ2) is 8.53. The molecule has 0 saturated heterocycles. The molecule has 1 aromatic carbocycles. The molecule has 0 radical (unpaired) electrons. The summed E-state index contributed by atoms with van der Waals surface area (Å²) in [6, 6.07) is 8.91. The lowest BCUT2D eigenvalue weighted by Gasteiger charge is -2.15. The number of nitrogens with one attached hydrogen (secondary N) is 2. The van der Waals surface area contributed by atoms with Crippen LogP contribution in [0.15, 0.2) is 35.7 Å². The van der Waals surface area contributed by atoms with Crippen molar-refractivity contribution in [3.05, 3.63) is 46.2 Å². The molecule has 0 fully saturated rings. The Hall–Kier alpha value is -2.54. The van der Waals surface area contributed by atoms with Crippen LogP contribution in [0.1, 0.15) is 42.0 Å². The Morgan fingerprint density at radius 2 is 2.00 bits per heavy atom. The molecule has 0 spiro atoms. The minimum absolute atomic E-state index is 0.0442. The van der Waals surface area contributed by atoms with Crippen LogP contribution in [0, 0.1) is 0 Å². The third-order valence-corrected chi connectivity index (χ3v) is 4.46. The lowest BCUT2D eigenvalue weighted by molar-refractivity contribution is -0.120. The van der Waals surface area contributed by atoms with Gasteiger partial charge in [0.15, 0.2) is 0 Å². The smallest absolute Gasteiger partial charge is 0.252 e. The highest BCUT2D eigenvalue weighted by atomic mass is 32.1. The number of ether oxygens (including phenoxy) is 1. The molecule has 1 aromatic heterocycles. The van der Waals surface area contributed by atoms with Gasteiger partial charge in [-0.2, -0.15) is 0 Å². The van der Waals surface area contributed by atoms with E-state index >= 15 is 0 Å². The number of anilines is 1. The van der Waals surface area contributed by atoms with E-state index in [1.165, 1.54) is 0 Å². The van der Waals surface area contributed by atoms with Crippen LogP contribution in [0.2, 0.25) is 0 Å². The summed E-state index contributed by atoms with van der Waals surface area (Å²) in [6.07, 6.45) is -0.0681. The van der Waals surface area contributed by atoms with Crippen LogP contribution in [0.25, 0.3) is 0 Å². The standard InChI is InChI=1S/C18H23N3O3S/c1-11(2)24-15-7-6-13(9-14(15)18(19)23)20-10-17(22)21-12(3)16-5-4-8-25-16/h4-9,11-12,20H,10H2,1-3H3,(H2,19,23)(H,21,22)/t12-/m1/s1. The van der Waals surface area contributed by atoms with Gasteiger partial charge in [0.25, 0.3) is 5.91 Å². The first-order chi connectivity index (χ1) is 11.9. The highest BCUT2D eigenvalue weighted by Gasteiger charge is 2.13. The summed E-state index contributed by atoms with van der Waals surface area (Å²) in [5.74, 6) is -0.275. The Bertz CT molecular complexity index is 729. The summed E-state index contributed by atoms with van der Waals surface area (Å²) in [4.78, 5) is 24.8. The Morgan fingerprint density at radius 1 is 1.24 bits per heavy atom. The number of hydrogen-bond donors (Lipinski definition) is 3. The summed E-state index contributed by atoms with van der Waals surface area (Å²) in [5.41, 5.74) is 6.32. The SMILES string of the molecule is CC(C)Oc1ccc(NCC(=O)N[C@H](C)c2cccs2)cc1C(N)=O. The predicted molar refractivity (Wildman–Crippen MR) is 100 cm³/mol. The molecule has 4 N–H and O–H groups in total. The van der Waals surface area contributed by atoms with Gasteiger partial charge in [-0.15, -0.1) is 11.3 Å². The fourth-order valence-corrected chi connectivity index (χ4v) is 3.01. The number of carbonyl (C=O) groups is 2. The van der Waals surface area contributed by atoms with Crippen molar-refractivity contribution >= 4 is 28.8 Å². The predicted octanol–water partition coefficient (Wildman–Crippen LogP) is 2.92. The van der Waals surface area contributed by atoms with E-state index < -0.39 is 5.91 Å². The van der Waals surface area contributed by atoms with E-state index in [4.69, 9.17) is 10.5 Å². The first kappa shape index (κ1) is 18.8. The zero-order valence-electron chi connectivity index (χ0n) is 14.5. The van der Waals surface area contributed by atoms with E-state index in [0.29, 0.717) is 11.4 Å². The molecule has 7 heteroatoms. The van der Waals surface area contributed by atoms with Gasteiger partial charge in [0, 0.05) is 10.6 Å². The number of nitrogens with two attached hydrogens (primary N) is 1. The van der Waals surface area contributed by atoms with Crippen LogP contribution in [-0.2, 0) is 4.79 Å². The Kier molecular flexibility index (Phi) is 6.41. The molecule has 1 atom stereocenters. The molecule has 2 aromatic rings. The number of hydrogen-bond acceptors (Lipinski definition) is 5. The number of thiophene rings is 1. The number of benzene rings is 1. The zero-order valence-corrected chi connectivity index (χ0v) is 15.4. The monoisotopic (exact) mass is 361 g/mol. The Morgan fingerprint density at radius 3 is 2.60 bits per heavy atom. The summed E-state index contributed by atoms with van der Waals surface area (Å²) >= 11 is 1.60. The minimum atomic E-state index is -0.574. The average Bonchev–Trinajstić information content (AvgIpc) is 3.07. The maximum Gasteiger partial charge on any atom is 0.252 e. The van der Waals surface area contributed by atoms with Gasteiger partial charge in [0.05, 0.1) is 24.3 Å². The lowest BCUT2D eigenvalue weighted by atomic mass is 10.1. The van der Waals surface area contributed by atoms with Gasteiger partial charge >= 0.3 is 0 Å². The first-order valence-electron chi connectivity index (χ1n) is 8.04. The second-order valence-electron chi connectivity index (χ2n) is 5.90. The largest absolute Gasteiger partial charge is 0.490 e. The Labute approximate surface area is 151 Å². The van der Waals surface area contributed by atoms with Gasteiger partial charge in [-0.3, -0.25) is 9.59 Å². The molecular formula is C18H23N3O3S. The van der Waals surface area contributed by atoms with Crippen molar-refractivity contribution in [2.24, 2.45) is 5.73 Å². The molecule has 0 unspecified atom stereocenters. The maximum absolute atomic E-state index is 12.1. The quantitative estimate of drug-likeness (QED) is 0.674. The van der Waals surface area contributed by atoms with E-state index in [1.54, 1.807) is 29.5 Å². The molecule has 0 aliphatic heterocycles. The number of primary amides is 1. The fourth-order valence-electron chi connectivity index (χ4n) is 2.27. The molecule has 2 amide bonds. The van der Waals surface area contributed by atoms with Crippen LogP contribution < -0.4 is 21.1 Å². The fraction of sp³-hybridized carbons (Fsp3) is 0.333. The molecule has 25 heavy (non-hydrogen) atoms. The van der Waals surface area contributed by atoms with Gasteiger partial charge in [-0.05, 0) is 50.4 Å². The van der Waals surface area contributed by atoms with E-state index in [0.717, 1.165) is 4.88 Å². The number of amides is 2. The van der Waals surface area contributed by atoms with Gasteiger partial charge in [-0.25, -0.2) is 0 Å². The second-order valence-corrected chi connectivity index (χ2v) is 6.88. The van der Waals surface area contributed by atoms with Crippen molar-refractivity contribution in [3.8, 4) is 5.75 Å². The van der Waals surface area contributed by atoms with Crippen molar-refractivity contribution in [2.45, 2.75) is 32.9 Å². The summed E-state index contributed by atoms with van der Waals surface area (Å²) in [6.45, 7) is 5.78. The van der Waals surface area contributed by atoms with Crippen LogP contribution in [0.4, 0.5) is 5.69 Å². The summed E-state index contributed by atoms with van der Waals surface area (Å²) in [5, 5.41) is 7.89. The molecule has 0 aliphatic rings. The molecular weight excluding hydrogens is 338 g/mol. The van der Waals surface area contributed by atoms with Gasteiger partial charge in [0.1, 0.15) is 5.75 Å². The van der Waals surface area contributed by atoms with E-state index in [-0.39, 0.29) is 30.2 Å². The van der Waals surface area contributed by atoms with Crippen LogP contribution in [-0.4, -0.2) is 24.5 Å². The van der Waals surface area contributed by atoms with Gasteiger partial charge < -0.3 is 21.1 Å². The van der Waals surface area contributed by atoms with Crippen molar-refractivity contribution in [1.82, 2.24) is 5.32 Å². The normalized spacial score (nSPS) is 11.8. The van der Waals surface area contributed by atoms with Crippen molar-refractivity contribution < 1.29 is 14.3 Å². The van der Waals surface area contributed by atoms with E-state index in [2.05, 4.69) is 10.6 Å². The molecule has 1 heterocycles. The van der Waals surface area contributed by atoms with Crippen molar-refractivity contribution in [3.63, 3.8) is 0 Å². The molecule has 0 saturated carbocycles. The van der Waals surface area contributed by atoms with Crippen LogP contribution in [0.5, 0.6) is 5.75 Å². The molecule has 0 bridgehead atoms. The number of rotatable bonds is 8. The summed E-state index contributed by atoms with van der Waals surface area (Å²) < 4.78 is 5.57. The molecule has 2 rings (SSSR count). The minimum Gasteiger partial charge on any atom is -0.490 e. The third kappa shape index (κ3) is 5.49. The van der Waals surface area contributed by atoms with Crippen LogP contribution >= 0.6 is 11.3 Å². The van der Waals surface area contributed by atoms with Crippen molar-refractivity contribution in [1.29, 1.82) is 0 Å². The van der Waals surface area contributed by atoms with Gasteiger partial charge in [0.2, 0.25) is 5.91 Å². The third-order valence-electron chi connectivity index (χ3n) is 3.41. The zero-order chi connectivity index (χ0) is 18.4. The van der Waals surface area contributed by atoms with Crippen LogP contribution in [0.3, 0.4) is 0 Å². The topological polar surface area (TPSA) is 93.4 Å². The highest BCUT2D eigenvalue weighted by Crippen LogP contribution is 2.23. The molecule has 0 aliphatic carbocycles. The first-order valence-corrected chi connectivity index (χ1v) is 8.92. The highest BCUT2D eigenvalue weighted by molar-refractivity contribution is 7.10. The summed E-state index contributed by atoms with van der Waals surface area (Å²) in [7, 11) is 0. The maximum atomic E-state index is 12.1. The van der Waals surface area contributed by atoms with Crippen molar-refractivity contribution in [2.75, 3.05) is 11.9 Å². The average molecular weight is 361 g/mol.